The number of rotatable bonds is 13. The van der Waals surface area contributed by atoms with Crippen LogP contribution in [0.2, 0.25) is 0 Å². The Balaban J connectivity index is 0. The van der Waals surface area contributed by atoms with Crippen LogP contribution in [0.15, 0.2) is 0 Å². The molecule has 0 saturated heterocycles. The van der Waals surface area contributed by atoms with E-state index in [-0.39, 0.29) is 46.9 Å². The second-order valence-electron chi connectivity index (χ2n) is 5.77. The summed E-state index contributed by atoms with van der Waals surface area (Å²) in [5.41, 5.74) is 0. The Morgan fingerprint density at radius 1 is 0.950 bits per heavy atom. The molecule has 0 aromatic heterocycles. The van der Waals surface area contributed by atoms with E-state index in [0.717, 1.165) is 19.0 Å². The molecule has 0 aromatic rings. The molecule has 0 aliphatic rings. The van der Waals surface area contributed by atoms with Crippen LogP contribution in [0.25, 0.3) is 0 Å². The summed E-state index contributed by atoms with van der Waals surface area (Å²) in [5.74, 6) is 0.596. The molecule has 120 valence electrons. The van der Waals surface area contributed by atoms with Gasteiger partial charge in [-0.15, -0.1) is 0 Å². The van der Waals surface area contributed by atoms with Gasteiger partial charge in [0.2, 0.25) is 0 Å². The zero-order chi connectivity index (χ0) is 14.5. The van der Waals surface area contributed by atoms with E-state index in [4.69, 9.17) is 4.52 Å². The van der Waals surface area contributed by atoms with Crippen molar-refractivity contribution in [2.24, 2.45) is 5.92 Å². The topological polar surface area (TPSA) is 26.3 Å². The first-order valence-electron chi connectivity index (χ1n) is 8.33. The van der Waals surface area contributed by atoms with Crippen LogP contribution in [0, 0.1) is 46.8 Å². The predicted molar refractivity (Wildman–Crippen MR) is 86.5 cm³/mol. The van der Waals surface area contributed by atoms with Crippen molar-refractivity contribution in [2.45, 2.75) is 91.6 Å². The summed E-state index contributed by atoms with van der Waals surface area (Å²) in [7, 11) is -1.82. The fraction of sp³-hybridized carbons (Fsp3) is 1.00. The number of unbranched alkanes of at least 4 members (excludes halogenated alkanes) is 4. The molecule has 0 rings (SSSR count). The van der Waals surface area contributed by atoms with Gasteiger partial charge in [-0.25, -0.2) is 0 Å². The van der Waals surface area contributed by atoms with Crippen LogP contribution in [-0.2, 0) is 9.09 Å². The fourth-order valence-corrected chi connectivity index (χ4v) is 4.00. The summed E-state index contributed by atoms with van der Waals surface area (Å²) in [4.78, 5) is 0. The third-order valence-corrected chi connectivity index (χ3v) is 5.37. The van der Waals surface area contributed by atoms with Gasteiger partial charge in [0, 0.05) is 47.0 Å². The van der Waals surface area contributed by atoms with E-state index < -0.39 is 8.03 Å². The summed E-state index contributed by atoms with van der Waals surface area (Å²) in [6.45, 7) is 8.70. The first-order valence-corrected chi connectivity index (χ1v) is 9.85. The Hall–Kier alpha value is 1.54. The number of hydrogen-bond donors (Lipinski definition) is 0. The van der Waals surface area contributed by atoms with Gasteiger partial charge in [0.05, 0.1) is 6.10 Å². The molecule has 0 N–H and O–H groups in total. The minimum Gasteiger partial charge on any atom is -0.327 e. The SMILES string of the molecule is CCCCCCC(C)O[PH](=O)CC(CC)CCCC.[Nd]. The molecule has 0 bridgehead atoms. The van der Waals surface area contributed by atoms with Crippen molar-refractivity contribution in [1.29, 1.82) is 0 Å². The molecular formula is C16H35NdO2P. The second-order valence-corrected chi connectivity index (χ2v) is 7.16. The van der Waals surface area contributed by atoms with Gasteiger partial charge in [-0.2, -0.15) is 0 Å². The summed E-state index contributed by atoms with van der Waals surface area (Å²) >= 11 is 0. The van der Waals surface area contributed by atoms with Gasteiger partial charge in [0.15, 0.2) is 8.03 Å². The number of hydrogen-bond acceptors (Lipinski definition) is 2. The Bertz CT molecular complexity index is 225. The third-order valence-electron chi connectivity index (χ3n) is 3.80. The van der Waals surface area contributed by atoms with Crippen molar-refractivity contribution in [3.63, 3.8) is 0 Å². The summed E-state index contributed by atoms with van der Waals surface area (Å²) in [6, 6.07) is 0. The molecular weight excluding hydrogens is 399 g/mol. The maximum atomic E-state index is 12.0. The predicted octanol–water partition coefficient (Wildman–Crippen LogP) is 6.05. The first-order chi connectivity index (χ1) is 9.13. The van der Waals surface area contributed by atoms with E-state index in [1.54, 1.807) is 0 Å². The molecule has 0 aliphatic heterocycles. The Labute approximate surface area is 160 Å². The first kappa shape index (κ1) is 23.8. The minimum atomic E-state index is -1.82. The maximum absolute atomic E-state index is 12.0. The smallest absolute Gasteiger partial charge is 0.192 e. The van der Waals surface area contributed by atoms with Gasteiger partial charge in [0.1, 0.15) is 0 Å². The molecule has 4 heteroatoms. The van der Waals surface area contributed by atoms with Crippen LogP contribution >= 0.6 is 8.03 Å². The molecule has 0 amide bonds. The van der Waals surface area contributed by atoms with Gasteiger partial charge in [-0.05, 0) is 25.7 Å². The van der Waals surface area contributed by atoms with E-state index in [0.29, 0.717) is 5.92 Å². The minimum absolute atomic E-state index is 0. The molecule has 0 saturated carbocycles. The largest absolute Gasteiger partial charge is 0.327 e. The molecule has 0 heterocycles. The average Bonchev–Trinajstić information content (AvgIpc) is 2.39. The van der Waals surface area contributed by atoms with Crippen LogP contribution in [-0.4, -0.2) is 12.3 Å². The molecule has 0 aromatic carbocycles. The maximum Gasteiger partial charge on any atom is 0.192 e. The van der Waals surface area contributed by atoms with Crippen molar-refractivity contribution in [1.82, 2.24) is 0 Å². The van der Waals surface area contributed by atoms with Crippen molar-refractivity contribution < 1.29 is 49.9 Å². The molecule has 20 heavy (non-hydrogen) atoms. The Morgan fingerprint density at radius 2 is 1.60 bits per heavy atom. The van der Waals surface area contributed by atoms with E-state index >= 15 is 0 Å². The molecule has 2 nitrogen and oxygen atoms in total. The Morgan fingerprint density at radius 3 is 2.15 bits per heavy atom. The third kappa shape index (κ3) is 14.5. The van der Waals surface area contributed by atoms with Crippen LogP contribution < -0.4 is 0 Å². The summed E-state index contributed by atoms with van der Waals surface area (Å²) < 4.78 is 17.7. The van der Waals surface area contributed by atoms with Gasteiger partial charge in [-0.1, -0.05) is 65.7 Å². The van der Waals surface area contributed by atoms with Crippen molar-refractivity contribution in [2.75, 3.05) is 6.16 Å². The van der Waals surface area contributed by atoms with E-state index in [2.05, 4.69) is 27.7 Å². The summed E-state index contributed by atoms with van der Waals surface area (Å²) in [5, 5.41) is 0. The summed E-state index contributed by atoms with van der Waals surface area (Å²) in [6.07, 6.45) is 11.9. The zero-order valence-electron chi connectivity index (χ0n) is 14.0. The van der Waals surface area contributed by atoms with Gasteiger partial charge >= 0.3 is 0 Å². The van der Waals surface area contributed by atoms with E-state index in [9.17, 15) is 4.57 Å². The standard InChI is InChI=1S/C16H35O2P.Nd/c1-5-8-10-11-12-15(4)18-19(17)14-16(7-3)13-9-6-2;/h15-16,19H,5-14H2,1-4H3;. The fourth-order valence-electron chi connectivity index (χ4n) is 2.37. The van der Waals surface area contributed by atoms with Crippen LogP contribution in [0.3, 0.4) is 0 Å². The molecule has 0 aliphatic carbocycles. The van der Waals surface area contributed by atoms with Crippen LogP contribution in [0.5, 0.6) is 0 Å². The van der Waals surface area contributed by atoms with Gasteiger partial charge in [-0.3, -0.25) is 4.57 Å². The van der Waals surface area contributed by atoms with E-state index in [1.165, 1.54) is 44.9 Å². The quantitative estimate of drug-likeness (QED) is 0.260. The second kappa shape index (κ2) is 16.9. The molecule has 0 radical (unpaired) electrons. The van der Waals surface area contributed by atoms with E-state index in [1.807, 2.05) is 0 Å². The van der Waals surface area contributed by atoms with Gasteiger partial charge in [0.25, 0.3) is 0 Å². The normalized spacial score (nSPS) is 15.4. The van der Waals surface area contributed by atoms with Crippen molar-refractivity contribution in [3.05, 3.63) is 0 Å². The molecule has 0 spiro atoms. The molecule has 0 fully saturated rings. The van der Waals surface area contributed by atoms with Crippen LogP contribution in [0.1, 0.15) is 85.5 Å². The molecule has 3 unspecified atom stereocenters. The molecule has 3 atom stereocenters. The monoisotopic (exact) mass is 432 g/mol. The van der Waals surface area contributed by atoms with Crippen molar-refractivity contribution >= 4 is 8.03 Å². The average molecular weight is 435 g/mol. The Kier molecular flexibility index (Phi) is 20.1. The van der Waals surface area contributed by atoms with Crippen LogP contribution in [0.4, 0.5) is 0 Å². The van der Waals surface area contributed by atoms with Gasteiger partial charge < -0.3 is 4.52 Å². The van der Waals surface area contributed by atoms with Crippen molar-refractivity contribution in [3.8, 4) is 0 Å². The zero-order valence-corrected chi connectivity index (χ0v) is 18.3.